The number of carbonyl (C=O) groups excluding carboxylic acids is 1. The first-order valence-electron chi connectivity index (χ1n) is 4.28. The zero-order valence-corrected chi connectivity index (χ0v) is 8.86. The molecule has 0 saturated heterocycles. The van der Waals surface area contributed by atoms with Crippen molar-refractivity contribution in [3.8, 4) is 11.8 Å². The lowest BCUT2D eigenvalue weighted by Crippen LogP contribution is -2.19. The highest BCUT2D eigenvalue weighted by atomic mass is 35.5. The van der Waals surface area contributed by atoms with E-state index in [-0.39, 0.29) is 17.5 Å². The minimum atomic E-state index is -0.497. The first kappa shape index (κ1) is 11.5. The summed E-state index contributed by atoms with van der Waals surface area (Å²) in [5.41, 5.74) is 0.419. The zero-order chi connectivity index (χ0) is 11.3. The van der Waals surface area contributed by atoms with Gasteiger partial charge in [0, 0.05) is 12.5 Å². The number of hydrogen-bond donors (Lipinski definition) is 1. The average molecular weight is 226 g/mol. The van der Waals surface area contributed by atoms with Crippen LogP contribution in [0.5, 0.6) is 0 Å². The average Bonchev–Trinajstić information content (AvgIpc) is 2.18. The van der Waals surface area contributed by atoms with Crippen molar-refractivity contribution in [2.45, 2.75) is 6.92 Å². The van der Waals surface area contributed by atoms with Gasteiger partial charge in [0.05, 0.1) is 11.6 Å². The molecule has 1 rings (SSSR count). The molecule has 78 valence electrons. The van der Waals surface area contributed by atoms with E-state index < -0.39 is 5.82 Å². The Labute approximate surface area is 92.4 Å². The summed E-state index contributed by atoms with van der Waals surface area (Å²) in [4.78, 5) is 10.5. The zero-order valence-electron chi connectivity index (χ0n) is 8.10. The van der Waals surface area contributed by atoms with Gasteiger partial charge in [-0.25, -0.2) is 4.39 Å². The molecule has 0 unspecified atom stereocenters. The molecule has 0 spiro atoms. The molecular formula is C11H9ClFNO. The molecule has 0 radical (unpaired) electrons. The summed E-state index contributed by atoms with van der Waals surface area (Å²) in [6, 6.07) is 4.41. The Kier molecular flexibility index (Phi) is 4.14. The summed E-state index contributed by atoms with van der Waals surface area (Å²) < 4.78 is 12.9. The number of halogens is 2. The number of nitrogens with one attached hydrogen (secondary N) is 1. The van der Waals surface area contributed by atoms with Crippen LogP contribution >= 0.6 is 11.6 Å². The fourth-order valence-corrected chi connectivity index (χ4v) is 1.08. The molecule has 0 saturated carbocycles. The third-order valence-corrected chi connectivity index (χ3v) is 1.98. The molecule has 0 aliphatic rings. The van der Waals surface area contributed by atoms with Crippen molar-refractivity contribution in [1.29, 1.82) is 0 Å². The SMILES string of the molecule is CC(=O)NCC#Cc1cccc(F)c1Cl. The van der Waals surface area contributed by atoms with E-state index in [1.165, 1.54) is 19.1 Å². The Balaban J connectivity index is 2.72. The number of benzene rings is 1. The van der Waals surface area contributed by atoms with Crippen molar-refractivity contribution < 1.29 is 9.18 Å². The summed E-state index contributed by atoms with van der Waals surface area (Å²) in [6.45, 7) is 1.62. The maximum absolute atomic E-state index is 12.9. The molecule has 1 aromatic carbocycles. The lowest BCUT2D eigenvalue weighted by Gasteiger charge is -1.96. The number of amides is 1. The van der Waals surface area contributed by atoms with Gasteiger partial charge in [0.25, 0.3) is 0 Å². The van der Waals surface area contributed by atoms with Crippen molar-refractivity contribution in [3.63, 3.8) is 0 Å². The molecule has 15 heavy (non-hydrogen) atoms. The highest BCUT2D eigenvalue weighted by Crippen LogP contribution is 2.18. The third kappa shape index (κ3) is 3.61. The normalized spacial score (nSPS) is 9.00. The predicted octanol–water partition coefficient (Wildman–Crippen LogP) is 1.97. The van der Waals surface area contributed by atoms with Gasteiger partial charge >= 0.3 is 0 Å². The summed E-state index contributed by atoms with van der Waals surface area (Å²) in [6.07, 6.45) is 0. The fraction of sp³-hybridized carbons (Fsp3) is 0.182. The molecule has 0 aliphatic heterocycles. The van der Waals surface area contributed by atoms with Crippen LogP contribution < -0.4 is 5.32 Å². The van der Waals surface area contributed by atoms with Crippen LogP contribution in [-0.4, -0.2) is 12.5 Å². The molecule has 0 aliphatic carbocycles. The van der Waals surface area contributed by atoms with E-state index in [0.717, 1.165) is 0 Å². The smallest absolute Gasteiger partial charge is 0.217 e. The van der Waals surface area contributed by atoms with Crippen molar-refractivity contribution in [1.82, 2.24) is 5.32 Å². The van der Waals surface area contributed by atoms with E-state index >= 15 is 0 Å². The van der Waals surface area contributed by atoms with Crippen LogP contribution in [0.2, 0.25) is 5.02 Å². The van der Waals surface area contributed by atoms with Gasteiger partial charge < -0.3 is 5.32 Å². The van der Waals surface area contributed by atoms with E-state index in [0.29, 0.717) is 5.56 Å². The van der Waals surface area contributed by atoms with E-state index in [1.807, 2.05) is 0 Å². The molecule has 1 amide bonds. The van der Waals surface area contributed by atoms with Gasteiger partial charge in [-0.05, 0) is 12.1 Å². The molecule has 4 heteroatoms. The van der Waals surface area contributed by atoms with E-state index in [1.54, 1.807) is 6.07 Å². The number of hydrogen-bond acceptors (Lipinski definition) is 1. The van der Waals surface area contributed by atoms with Gasteiger partial charge in [0.1, 0.15) is 5.82 Å². The minimum absolute atomic E-state index is 0.00725. The summed E-state index contributed by atoms with van der Waals surface area (Å²) in [7, 11) is 0. The van der Waals surface area contributed by atoms with Crippen molar-refractivity contribution in [2.75, 3.05) is 6.54 Å². The Morgan fingerprint density at radius 2 is 2.33 bits per heavy atom. The summed E-state index contributed by atoms with van der Waals surface area (Å²) in [5.74, 6) is 4.69. The van der Waals surface area contributed by atoms with Gasteiger partial charge in [0.2, 0.25) is 5.91 Å². The summed E-state index contributed by atoms with van der Waals surface area (Å²) >= 11 is 5.67. The lowest BCUT2D eigenvalue weighted by molar-refractivity contribution is -0.118. The van der Waals surface area contributed by atoms with Crippen LogP contribution in [0.3, 0.4) is 0 Å². The van der Waals surface area contributed by atoms with Crippen molar-refractivity contribution in [2.24, 2.45) is 0 Å². The number of carbonyl (C=O) groups is 1. The second-order valence-corrected chi connectivity index (χ2v) is 3.19. The van der Waals surface area contributed by atoms with Crippen LogP contribution in [0, 0.1) is 17.7 Å². The van der Waals surface area contributed by atoms with Crippen molar-refractivity contribution in [3.05, 3.63) is 34.6 Å². The molecule has 0 fully saturated rings. The molecule has 0 bridgehead atoms. The molecule has 0 aromatic heterocycles. The molecule has 2 nitrogen and oxygen atoms in total. The standard InChI is InChI=1S/C11H9ClFNO/c1-8(15)14-7-3-5-9-4-2-6-10(13)11(9)12/h2,4,6H,7H2,1H3,(H,14,15). The van der Waals surface area contributed by atoms with Crippen molar-refractivity contribution >= 4 is 17.5 Å². The predicted molar refractivity (Wildman–Crippen MR) is 57.0 cm³/mol. The minimum Gasteiger partial charge on any atom is -0.345 e. The molecule has 1 aromatic rings. The Morgan fingerprint density at radius 3 is 3.00 bits per heavy atom. The van der Waals surface area contributed by atoms with Crippen LogP contribution in [0.4, 0.5) is 4.39 Å². The summed E-state index contributed by atoms with van der Waals surface area (Å²) in [5, 5.41) is 2.51. The van der Waals surface area contributed by atoms with Crippen LogP contribution in [-0.2, 0) is 4.79 Å². The topological polar surface area (TPSA) is 29.1 Å². The van der Waals surface area contributed by atoms with Gasteiger partial charge in [-0.2, -0.15) is 0 Å². The van der Waals surface area contributed by atoms with E-state index in [2.05, 4.69) is 17.2 Å². The second kappa shape index (κ2) is 5.38. The quantitative estimate of drug-likeness (QED) is 0.728. The maximum atomic E-state index is 12.9. The van der Waals surface area contributed by atoms with Crippen LogP contribution in [0.25, 0.3) is 0 Å². The largest absolute Gasteiger partial charge is 0.345 e. The van der Waals surface area contributed by atoms with Crippen LogP contribution in [0.15, 0.2) is 18.2 Å². The second-order valence-electron chi connectivity index (χ2n) is 2.81. The lowest BCUT2D eigenvalue weighted by atomic mass is 10.2. The monoisotopic (exact) mass is 225 g/mol. The van der Waals surface area contributed by atoms with E-state index in [4.69, 9.17) is 11.6 Å². The van der Waals surface area contributed by atoms with Gasteiger partial charge in [-0.1, -0.05) is 29.5 Å². The highest BCUT2D eigenvalue weighted by molar-refractivity contribution is 6.31. The fourth-order valence-electron chi connectivity index (χ4n) is 0.908. The first-order chi connectivity index (χ1) is 7.11. The number of rotatable bonds is 1. The first-order valence-corrected chi connectivity index (χ1v) is 4.66. The Hall–Kier alpha value is -1.53. The maximum Gasteiger partial charge on any atom is 0.217 e. The van der Waals surface area contributed by atoms with Crippen LogP contribution in [0.1, 0.15) is 12.5 Å². The molecular weight excluding hydrogens is 217 g/mol. The van der Waals surface area contributed by atoms with Gasteiger partial charge in [0.15, 0.2) is 0 Å². The van der Waals surface area contributed by atoms with E-state index in [9.17, 15) is 9.18 Å². The third-order valence-electron chi connectivity index (χ3n) is 1.60. The Bertz CT molecular complexity index is 434. The highest BCUT2D eigenvalue weighted by Gasteiger charge is 2.01. The van der Waals surface area contributed by atoms with Gasteiger partial charge in [-0.15, -0.1) is 0 Å². The molecule has 0 heterocycles. The molecule has 1 N–H and O–H groups in total. The van der Waals surface area contributed by atoms with Gasteiger partial charge in [-0.3, -0.25) is 4.79 Å². The molecule has 0 atom stereocenters. The Morgan fingerprint density at radius 1 is 1.60 bits per heavy atom.